The van der Waals surface area contributed by atoms with Crippen LogP contribution in [0.3, 0.4) is 0 Å². The summed E-state index contributed by atoms with van der Waals surface area (Å²) in [7, 11) is 1.79. The van der Waals surface area contributed by atoms with Crippen LogP contribution in [-0.2, 0) is 12.8 Å². The molecule has 0 saturated carbocycles. The van der Waals surface area contributed by atoms with E-state index in [-0.39, 0.29) is 12.1 Å². The Bertz CT molecular complexity index is 1040. The van der Waals surface area contributed by atoms with Crippen LogP contribution in [0.15, 0.2) is 28.9 Å². The highest BCUT2D eigenvalue weighted by Gasteiger charge is 2.32. The summed E-state index contributed by atoms with van der Waals surface area (Å²) in [6.45, 7) is 0.624. The first-order valence-corrected chi connectivity index (χ1v) is 11.4. The molecule has 1 aliphatic rings. The normalized spacial score (nSPS) is 16.6. The molecule has 1 saturated heterocycles. The number of urea groups is 1. The van der Waals surface area contributed by atoms with Crippen molar-refractivity contribution in [3.63, 3.8) is 0 Å². The van der Waals surface area contributed by atoms with Gasteiger partial charge in [-0.3, -0.25) is 4.68 Å². The van der Waals surface area contributed by atoms with Gasteiger partial charge in [0.15, 0.2) is 5.82 Å². The number of likely N-dealkylation sites (tertiary alicyclic amines) is 1. The molecule has 2 amide bonds. The molecule has 2 aromatic heterocycles. The number of benzene rings is 1. The molecule has 1 aliphatic heterocycles. The number of carbonyl (C=O) groups excluding carboxylic acids is 1. The second kappa shape index (κ2) is 9.05. The number of hydrogen-bond acceptors (Lipinski definition) is 7. The lowest BCUT2D eigenvalue weighted by Gasteiger charge is -2.33. The fourth-order valence-corrected chi connectivity index (χ4v) is 4.01. The first-order chi connectivity index (χ1) is 14.5. The van der Waals surface area contributed by atoms with Crippen LogP contribution in [0.5, 0.6) is 0 Å². The van der Waals surface area contributed by atoms with E-state index in [1.54, 1.807) is 52.9 Å². The predicted octanol–water partition coefficient (Wildman–Crippen LogP) is 4.14. The second-order valence-corrected chi connectivity index (χ2v) is 8.31. The average Bonchev–Trinajstić information content (AvgIpc) is 3.39. The van der Waals surface area contributed by atoms with Gasteiger partial charge in [-0.15, -0.1) is 10.2 Å². The Labute approximate surface area is 183 Å². The van der Waals surface area contributed by atoms with Gasteiger partial charge in [0.05, 0.1) is 10.8 Å². The van der Waals surface area contributed by atoms with Crippen LogP contribution >= 0.6 is 23.4 Å². The van der Waals surface area contributed by atoms with Gasteiger partial charge in [0, 0.05) is 24.8 Å². The zero-order valence-electron chi connectivity index (χ0n) is 16.7. The van der Waals surface area contributed by atoms with Crippen molar-refractivity contribution in [3.05, 3.63) is 41.3 Å². The Kier molecular flexibility index (Phi) is 6.24. The largest absolute Gasteiger partial charge is 0.422 e. The van der Waals surface area contributed by atoms with Gasteiger partial charge >= 0.3 is 6.03 Å². The van der Waals surface area contributed by atoms with Gasteiger partial charge in [-0.1, -0.05) is 11.6 Å². The van der Waals surface area contributed by atoms with Gasteiger partial charge in [-0.05, 0) is 43.7 Å². The number of piperidine rings is 1. The van der Waals surface area contributed by atoms with Crippen LogP contribution in [0.25, 0.3) is 11.4 Å². The summed E-state index contributed by atoms with van der Waals surface area (Å²) >= 11 is 7.93. The maximum absolute atomic E-state index is 13.1. The first-order valence-electron chi connectivity index (χ1n) is 9.59. The number of anilines is 1. The predicted molar refractivity (Wildman–Crippen MR) is 115 cm³/mol. The summed E-state index contributed by atoms with van der Waals surface area (Å²) in [5.74, 6) is 2.22. The summed E-state index contributed by atoms with van der Waals surface area (Å²) in [5.41, 5.74) is 1.27. The van der Waals surface area contributed by atoms with E-state index in [2.05, 4.69) is 25.6 Å². The maximum Gasteiger partial charge on any atom is 0.322 e. The van der Waals surface area contributed by atoms with Gasteiger partial charge in [0.2, 0.25) is 11.8 Å². The molecule has 1 aromatic carbocycles. The first kappa shape index (κ1) is 20.7. The highest BCUT2D eigenvalue weighted by molar-refractivity contribution is 7.97. The average molecular weight is 448 g/mol. The molecule has 0 spiro atoms. The van der Waals surface area contributed by atoms with E-state index in [0.29, 0.717) is 46.2 Å². The second-order valence-electron chi connectivity index (χ2n) is 7.04. The van der Waals surface area contributed by atoms with Crippen LogP contribution in [0.1, 0.15) is 37.1 Å². The number of aromatic nitrogens is 5. The number of aryl methyl sites for hydroxylation is 1. The molecule has 1 unspecified atom stereocenters. The molecule has 3 aromatic rings. The van der Waals surface area contributed by atoms with Crippen molar-refractivity contribution in [2.75, 3.05) is 18.1 Å². The summed E-state index contributed by atoms with van der Waals surface area (Å²) in [5, 5.41) is 16.0. The maximum atomic E-state index is 13.1. The minimum Gasteiger partial charge on any atom is -0.422 e. The number of nitrogens with zero attached hydrogens (tertiary/aromatic N) is 6. The van der Waals surface area contributed by atoms with Crippen molar-refractivity contribution in [2.45, 2.75) is 31.1 Å². The molecule has 30 heavy (non-hydrogen) atoms. The van der Waals surface area contributed by atoms with Crippen molar-refractivity contribution in [3.8, 4) is 11.4 Å². The van der Waals surface area contributed by atoms with Crippen molar-refractivity contribution in [1.29, 1.82) is 0 Å². The Morgan fingerprint density at radius 1 is 1.37 bits per heavy atom. The van der Waals surface area contributed by atoms with Gasteiger partial charge in [-0.25, -0.2) is 9.78 Å². The number of nitrogens with one attached hydrogen (secondary N) is 1. The molecule has 0 bridgehead atoms. The molecule has 9 nitrogen and oxygen atoms in total. The van der Waals surface area contributed by atoms with Crippen molar-refractivity contribution in [1.82, 2.24) is 29.9 Å². The van der Waals surface area contributed by atoms with E-state index in [1.165, 1.54) is 0 Å². The molecule has 1 fully saturated rings. The minimum atomic E-state index is -0.230. The SMILES string of the molecule is CSCc1nnc(C2CCCCN2C(=O)Nc2ccc(Cl)c(-c3ncn(C)n3)c2)o1. The Morgan fingerprint density at radius 2 is 2.23 bits per heavy atom. The number of rotatable bonds is 5. The van der Waals surface area contributed by atoms with Gasteiger partial charge in [-0.2, -0.15) is 16.9 Å². The Hall–Kier alpha value is -2.59. The molecular formula is C19H22ClN7O2S. The van der Waals surface area contributed by atoms with Gasteiger partial charge in [0.25, 0.3) is 0 Å². The standard InChI is InChI=1S/C19H22ClN7O2S/c1-26-11-21-17(25-26)13-9-12(6-7-14(13)20)22-19(28)27-8-4-3-5-15(27)18-24-23-16(29-18)10-30-2/h6-7,9,11,15H,3-5,8,10H2,1-2H3,(H,22,28). The lowest BCUT2D eigenvalue weighted by atomic mass is 10.0. The van der Waals surface area contributed by atoms with E-state index in [9.17, 15) is 4.79 Å². The third-order valence-corrected chi connectivity index (χ3v) is 5.72. The van der Waals surface area contributed by atoms with Crippen LogP contribution in [0.2, 0.25) is 5.02 Å². The van der Waals surface area contributed by atoms with Crippen molar-refractivity contribution < 1.29 is 9.21 Å². The molecule has 1 atom stereocenters. The highest BCUT2D eigenvalue weighted by Crippen LogP contribution is 2.32. The van der Waals surface area contributed by atoms with E-state index >= 15 is 0 Å². The van der Waals surface area contributed by atoms with Crippen LogP contribution in [0.4, 0.5) is 10.5 Å². The number of amides is 2. The zero-order valence-corrected chi connectivity index (χ0v) is 18.3. The molecule has 1 N–H and O–H groups in total. The van der Waals surface area contributed by atoms with Crippen LogP contribution < -0.4 is 5.32 Å². The fraction of sp³-hybridized carbons (Fsp3) is 0.421. The summed E-state index contributed by atoms with van der Waals surface area (Å²) < 4.78 is 7.39. The van der Waals surface area contributed by atoms with E-state index in [1.807, 2.05) is 6.26 Å². The third-order valence-electron chi connectivity index (χ3n) is 4.86. The molecule has 158 valence electrons. The van der Waals surface area contributed by atoms with Crippen molar-refractivity contribution >= 4 is 35.1 Å². The smallest absolute Gasteiger partial charge is 0.322 e. The summed E-state index contributed by atoms with van der Waals surface area (Å²) in [6, 6.07) is 4.81. The number of halogens is 1. The zero-order chi connectivity index (χ0) is 21.1. The minimum absolute atomic E-state index is 0.216. The van der Waals surface area contributed by atoms with Crippen LogP contribution in [0, 0.1) is 0 Å². The number of thioether (sulfide) groups is 1. The molecule has 3 heterocycles. The fourth-order valence-electron chi connectivity index (χ4n) is 3.45. The lowest BCUT2D eigenvalue weighted by molar-refractivity contribution is 0.147. The summed E-state index contributed by atoms with van der Waals surface area (Å²) in [6.07, 6.45) is 6.30. The molecular weight excluding hydrogens is 426 g/mol. The highest BCUT2D eigenvalue weighted by atomic mass is 35.5. The third kappa shape index (κ3) is 4.44. The van der Waals surface area contributed by atoms with Crippen LogP contribution in [-0.4, -0.2) is 48.7 Å². The Morgan fingerprint density at radius 3 is 3.00 bits per heavy atom. The van der Waals surface area contributed by atoms with E-state index in [0.717, 1.165) is 19.3 Å². The molecule has 11 heteroatoms. The topological polar surface area (TPSA) is 102 Å². The van der Waals surface area contributed by atoms with E-state index in [4.69, 9.17) is 16.0 Å². The van der Waals surface area contributed by atoms with Gasteiger partial charge in [0.1, 0.15) is 12.4 Å². The van der Waals surface area contributed by atoms with E-state index < -0.39 is 0 Å². The lowest BCUT2D eigenvalue weighted by Crippen LogP contribution is -2.41. The molecule has 4 rings (SSSR count). The summed E-state index contributed by atoms with van der Waals surface area (Å²) in [4.78, 5) is 19.1. The monoisotopic (exact) mass is 447 g/mol. The number of hydrogen-bond donors (Lipinski definition) is 1. The van der Waals surface area contributed by atoms with Crippen molar-refractivity contribution in [2.24, 2.45) is 7.05 Å². The number of carbonyl (C=O) groups is 1. The quantitative estimate of drug-likeness (QED) is 0.626. The molecule has 0 radical (unpaired) electrons. The molecule has 0 aliphatic carbocycles. The van der Waals surface area contributed by atoms with Gasteiger partial charge < -0.3 is 14.6 Å². The Balaban J connectivity index is 1.53.